The lowest BCUT2D eigenvalue weighted by molar-refractivity contribution is 0.582. The fraction of sp³-hybridized carbons (Fsp3) is 0.333. The number of nitrogens with one attached hydrogen (secondary N) is 1. The third-order valence-corrected chi connectivity index (χ3v) is 2.97. The Morgan fingerprint density at radius 3 is 2.50 bits per heavy atom. The highest BCUT2D eigenvalue weighted by atomic mass is 32.2. The van der Waals surface area contributed by atoms with Crippen LogP contribution in [0, 0.1) is 0 Å². The summed E-state index contributed by atoms with van der Waals surface area (Å²) < 4.78 is 23.8. The van der Waals surface area contributed by atoms with Crippen molar-refractivity contribution in [1.29, 1.82) is 0 Å². The Balaban J connectivity index is 2.01. The maximum absolute atomic E-state index is 10.7. The topological polar surface area (TPSA) is 72.2 Å². The molecule has 1 fully saturated rings. The minimum absolute atomic E-state index is 0.0209. The number of hydrogen-bond donors (Lipinski definition) is 2. The zero-order valence-corrected chi connectivity index (χ0v) is 8.37. The SMILES string of the molecule is NS(=O)(=O)NC1CC1c1ccccc1. The van der Waals surface area contributed by atoms with Gasteiger partial charge in [-0.15, -0.1) is 0 Å². The van der Waals surface area contributed by atoms with E-state index < -0.39 is 10.2 Å². The van der Waals surface area contributed by atoms with Gasteiger partial charge < -0.3 is 0 Å². The van der Waals surface area contributed by atoms with Gasteiger partial charge in [-0.25, -0.2) is 5.14 Å². The van der Waals surface area contributed by atoms with E-state index in [9.17, 15) is 8.42 Å². The third-order valence-electron chi connectivity index (χ3n) is 2.33. The molecule has 1 saturated carbocycles. The van der Waals surface area contributed by atoms with Crippen molar-refractivity contribution in [3.8, 4) is 0 Å². The highest BCUT2D eigenvalue weighted by Crippen LogP contribution is 2.40. The van der Waals surface area contributed by atoms with E-state index in [2.05, 4.69) is 4.72 Å². The van der Waals surface area contributed by atoms with Crippen LogP contribution >= 0.6 is 0 Å². The van der Waals surface area contributed by atoms with E-state index >= 15 is 0 Å². The normalized spacial score (nSPS) is 26.1. The van der Waals surface area contributed by atoms with Gasteiger partial charge in [-0.05, 0) is 12.0 Å². The Hall–Kier alpha value is -0.910. The molecule has 3 N–H and O–H groups in total. The average molecular weight is 212 g/mol. The quantitative estimate of drug-likeness (QED) is 0.758. The Morgan fingerprint density at radius 1 is 1.29 bits per heavy atom. The summed E-state index contributed by atoms with van der Waals surface area (Å²) in [6, 6.07) is 9.80. The number of hydrogen-bond acceptors (Lipinski definition) is 2. The first-order chi connectivity index (χ1) is 6.56. The molecular formula is C9H12N2O2S. The molecule has 2 atom stereocenters. The molecule has 1 aromatic carbocycles. The van der Waals surface area contributed by atoms with Crippen LogP contribution in [-0.2, 0) is 10.2 Å². The van der Waals surface area contributed by atoms with Gasteiger partial charge in [0, 0.05) is 12.0 Å². The van der Waals surface area contributed by atoms with E-state index in [1.165, 1.54) is 0 Å². The molecule has 1 aromatic rings. The molecule has 0 bridgehead atoms. The Morgan fingerprint density at radius 2 is 1.93 bits per heavy atom. The van der Waals surface area contributed by atoms with Crippen molar-refractivity contribution in [2.75, 3.05) is 0 Å². The standard InChI is InChI=1S/C9H12N2O2S/c10-14(12,13)11-9-6-8(9)7-4-2-1-3-5-7/h1-5,8-9,11H,6H2,(H2,10,12,13). The number of benzene rings is 1. The summed E-state index contributed by atoms with van der Waals surface area (Å²) in [5.41, 5.74) is 1.16. The summed E-state index contributed by atoms with van der Waals surface area (Å²) in [5.74, 6) is 0.287. The first-order valence-electron chi connectivity index (χ1n) is 4.41. The van der Waals surface area contributed by atoms with Crippen molar-refractivity contribution >= 4 is 10.2 Å². The Bertz CT molecular complexity index is 416. The fourth-order valence-corrected chi connectivity index (χ4v) is 2.29. The van der Waals surface area contributed by atoms with Crippen LogP contribution in [0.4, 0.5) is 0 Å². The molecule has 0 aliphatic heterocycles. The molecule has 4 nitrogen and oxygen atoms in total. The molecule has 0 amide bonds. The molecule has 76 valence electrons. The first-order valence-corrected chi connectivity index (χ1v) is 5.96. The third kappa shape index (κ3) is 2.31. The minimum atomic E-state index is -3.55. The summed E-state index contributed by atoms with van der Waals surface area (Å²) in [4.78, 5) is 0. The average Bonchev–Trinajstić information content (AvgIpc) is 2.82. The molecule has 2 unspecified atom stereocenters. The minimum Gasteiger partial charge on any atom is -0.216 e. The molecule has 0 saturated heterocycles. The van der Waals surface area contributed by atoms with Gasteiger partial charge in [-0.1, -0.05) is 30.3 Å². The van der Waals surface area contributed by atoms with Crippen LogP contribution in [0.25, 0.3) is 0 Å². The van der Waals surface area contributed by atoms with Crippen LogP contribution in [0.3, 0.4) is 0 Å². The van der Waals surface area contributed by atoms with Crippen molar-refractivity contribution in [1.82, 2.24) is 4.72 Å². The monoisotopic (exact) mass is 212 g/mol. The number of rotatable bonds is 3. The molecule has 0 aromatic heterocycles. The summed E-state index contributed by atoms with van der Waals surface area (Å²) in [6.45, 7) is 0. The number of nitrogens with two attached hydrogens (primary N) is 1. The predicted molar refractivity (Wildman–Crippen MR) is 53.8 cm³/mol. The predicted octanol–water partition coefficient (Wildman–Crippen LogP) is 0.336. The molecule has 1 aliphatic rings. The second kappa shape index (κ2) is 3.34. The largest absolute Gasteiger partial charge is 0.274 e. The zero-order valence-electron chi connectivity index (χ0n) is 7.55. The summed E-state index contributed by atoms with van der Waals surface area (Å²) in [5, 5.41) is 4.88. The van der Waals surface area contributed by atoms with Crippen LogP contribution in [0.5, 0.6) is 0 Å². The van der Waals surface area contributed by atoms with Crippen LogP contribution in [0.15, 0.2) is 30.3 Å². The zero-order chi connectivity index (χ0) is 10.2. The fourth-order valence-electron chi connectivity index (χ4n) is 1.60. The van der Waals surface area contributed by atoms with Gasteiger partial charge in [0.05, 0.1) is 0 Å². The van der Waals surface area contributed by atoms with Gasteiger partial charge in [0.1, 0.15) is 0 Å². The van der Waals surface area contributed by atoms with Gasteiger partial charge in [-0.3, -0.25) is 0 Å². The van der Waals surface area contributed by atoms with Crippen molar-refractivity contribution in [2.24, 2.45) is 5.14 Å². The highest BCUT2D eigenvalue weighted by Gasteiger charge is 2.40. The molecule has 14 heavy (non-hydrogen) atoms. The Kier molecular flexibility index (Phi) is 2.30. The van der Waals surface area contributed by atoms with E-state index in [-0.39, 0.29) is 12.0 Å². The summed E-state index contributed by atoms with van der Waals surface area (Å²) in [6.07, 6.45) is 0.834. The smallest absolute Gasteiger partial charge is 0.216 e. The van der Waals surface area contributed by atoms with Crippen molar-refractivity contribution < 1.29 is 8.42 Å². The van der Waals surface area contributed by atoms with Gasteiger partial charge in [0.25, 0.3) is 10.2 Å². The van der Waals surface area contributed by atoms with Crippen LogP contribution in [0.1, 0.15) is 17.9 Å². The maximum Gasteiger partial charge on any atom is 0.274 e. The lowest BCUT2D eigenvalue weighted by atomic mass is 10.1. The van der Waals surface area contributed by atoms with Gasteiger partial charge in [-0.2, -0.15) is 13.1 Å². The van der Waals surface area contributed by atoms with Crippen molar-refractivity contribution in [3.63, 3.8) is 0 Å². The second-order valence-electron chi connectivity index (χ2n) is 3.52. The molecule has 0 radical (unpaired) electrons. The molecule has 0 spiro atoms. The van der Waals surface area contributed by atoms with E-state index in [0.29, 0.717) is 0 Å². The van der Waals surface area contributed by atoms with E-state index in [1.54, 1.807) is 0 Å². The summed E-state index contributed by atoms with van der Waals surface area (Å²) in [7, 11) is -3.55. The maximum atomic E-state index is 10.7. The molecular weight excluding hydrogens is 200 g/mol. The Labute approximate surface area is 83.3 Å². The lowest BCUT2D eigenvalue weighted by Gasteiger charge is -2.00. The van der Waals surface area contributed by atoms with Crippen LogP contribution < -0.4 is 9.86 Å². The van der Waals surface area contributed by atoms with E-state index in [0.717, 1.165) is 12.0 Å². The molecule has 2 rings (SSSR count). The first kappa shape index (κ1) is 9.64. The van der Waals surface area contributed by atoms with Gasteiger partial charge >= 0.3 is 0 Å². The van der Waals surface area contributed by atoms with Crippen LogP contribution in [0.2, 0.25) is 0 Å². The van der Waals surface area contributed by atoms with Gasteiger partial charge in [0.2, 0.25) is 0 Å². The second-order valence-corrected chi connectivity index (χ2v) is 4.85. The molecule has 1 aliphatic carbocycles. The van der Waals surface area contributed by atoms with Crippen LogP contribution in [-0.4, -0.2) is 14.5 Å². The molecule has 5 heteroatoms. The van der Waals surface area contributed by atoms with Gasteiger partial charge in [0.15, 0.2) is 0 Å². The summed E-state index contributed by atoms with van der Waals surface area (Å²) >= 11 is 0. The van der Waals surface area contributed by atoms with Crippen molar-refractivity contribution in [2.45, 2.75) is 18.4 Å². The van der Waals surface area contributed by atoms with E-state index in [1.807, 2.05) is 30.3 Å². The lowest BCUT2D eigenvalue weighted by Crippen LogP contribution is -2.33. The molecule has 0 heterocycles. The van der Waals surface area contributed by atoms with Crippen molar-refractivity contribution in [3.05, 3.63) is 35.9 Å². The van der Waals surface area contributed by atoms with E-state index in [4.69, 9.17) is 5.14 Å². The highest BCUT2D eigenvalue weighted by molar-refractivity contribution is 7.87.